The van der Waals surface area contributed by atoms with Crippen molar-refractivity contribution in [1.29, 1.82) is 0 Å². The minimum absolute atomic E-state index is 1.09. The summed E-state index contributed by atoms with van der Waals surface area (Å²) >= 11 is 0. The molecule has 0 bridgehead atoms. The highest BCUT2D eigenvalue weighted by atomic mass is 15.1. The third-order valence-electron chi connectivity index (χ3n) is 11.1. The zero-order valence-corrected chi connectivity index (χ0v) is 31.5. The second kappa shape index (κ2) is 15.0. The molecule has 0 aliphatic rings. The zero-order chi connectivity index (χ0) is 38.0. The van der Waals surface area contributed by atoms with Crippen LogP contribution in [-0.2, 0) is 0 Å². The first-order chi connectivity index (χ1) is 28.3. The third-order valence-corrected chi connectivity index (χ3v) is 11.1. The topological polar surface area (TPSA) is 3.24 Å². The first kappa shape index (κ1) is 34.0. The predicted molar refractivity (Wildman–Crippen MR) is 243 cm³/mol. The van der Waals surface area contributed by atoms with E-state index in [1.165, 1.54) is 77.2 Å². The van der Waals surface area contributed by atoms with Crippen LogP contribution in [0.3, 0.4) is 0 Å². The lowest BCUT2D eigenvalue weighted by atomic mass is 9.82. The van der Waals surface area contributed by atoms with Crippen LogP contribution in [0.4, 0.5) is 17.1 Å². The molecule has 1 heteroatoms. The van der Waals surface area contributed by atoms with Gasteiger partial charge in [0.2, 0.25) is 0 Å². The van der Waals surface area contributed by atoms with Gasteiger partial charge in [-0.25, -0.2) is 0 Å². The maximum atomic E-state index is 2.37. The van der Waals surface area contributed by atoms with E-state index in [4.69, 9.17) is 0 Å². The molecule has 0 N–H and O–H groups in total. The fourth-order valence-electron chi connectivity index (χ4n) is 8.49. The van der Waals surface area contributed by atoms with Crippen LogP contribution in [0, 0.1) is 0 Å². The van der Waals surface area contributed by atoms with Crippen molar-refractivity contribution < 1.29 is 0 Å². The van der Waals surface area contributed by atoms with Gasteiger partial charge in [0.1, 0.15) is 0 Å². The average molecular weight is 726 g/mol. The number of benzene rings is 10. The van der Waals surface area contributed by atoms with Crippen molar-refractivity contribution >= 4 is 38.6 Å². The van der Waals surface area contributed by atoms with Crippen LogP contribution in [0.15, 0.2) is 237 Å². The largest absolute Gasteiger partial charge is 0.310 e. The molecule has 0 radical (unpaired) electrons. The van der Waals surface area contributed by atoms with Crippen molar-refractivity contribution in [2.75, 3.05) is 4.90 Å². The molecule has 0 unspecified atom stereocenters. The molecule has 0 aromatic heterocycles. The summed E-state index contributed by atoms with van der Waals surface area (Å²) in [6.45, 7) is 0. The first-order valence-corrected chi connectivity index (χ1v) is 19.6. The fourth-order valence-corrected chi connectivity index (χ4v) is 8.49. The number of hydrogen-bond acceptors (Lipinski definition) is 1. The number of anilines is 3. The summed E-state index contributed by atoms with van der Waals surface area (Å²) in [6, 6.07) is 85.5. The van der Waals surface area contributed by atoms with E-state index in [1.54, 1.807) is 0 Å². The molecule has 0 saturated carbocycles. The Morgan fingerprint density at radius 1 is 0.228 bits per heavy atom. The van der Waals surface area contributed by atoms with Crippen LogP contribution in [-0.4, -0.2) is 0 Å². The Labute approximate surface area is 334 Å². The van der Waals surface area contributed by atoms with Gasteiger partial charge in [-0.2, -0.15) is 0 Å². The van der Waals surface area contributed by atoms with Gasteiger partial charge in [-0.05, 0) is 114 Å². The summed E-state index contributed by atoms with van der Waals surface area (Å²) in [5, 5.41) is 5.03. The van der Waals surface area contributed by atoms with E-state index >= 15 is 0 Å². The molecule has 10 rings (SSSR count). The molecule has 1 nitrogen and oxygen atoms in total. The van der Waals surface area contributed by atoms with Gasteiger partial charge in [-0.1, -0.05) is 200 Å². The Bertz CT molecular complexity index is 2960. The van der Waals surface area contributed by atoms with Crippen molar-refractivity contribution in [3.05, 3.63) is 237 Å². The molecule has 0 atom stereocenters. The van der Waals surface area contributed by atoms with Crippen LogP contribution in [0.5, 0.6) is 0 Å². The standard InChI is InChI=1S/C56H39N/c1-6-19-40(20-7-1)48-38-37-47(39-53(48)41-21-8-2-9-22-41)57(45-27-14-5-15-28-45)46-35-33-42(34-36-46)49-31-18-32-52-50-29-16-17-30-51(50)54(43-23-10-3-11-24-43)55(56(49)52)44-25-12-4-13-26-44/h1-39H. The van der Waals surface area contributed by atoms with E-state index in [0.717, 1.165) is 17.1 Å². The molecule has 10 aromatic rings. The summed E-state index contributed by atoms with van der Waals surface area (Å²) in [5.41, 5.74) is 15.4. The summed E-state index contributed by atoms with van der Waals surface area (Å²) in [6.07, 6.45) is 0. The van der Waals surface area contributed by atoms with E-state index in [0.29, 0.717) is 0 Å². The highest BCUT2D eigenvalue weighted by molar-refractivity contribution is 6.24. The van der Waals surface area contributed by atoms with E-state index < -0.39 is 0 Å². The molecule has 0 spiro atoms. The van der Waals surface area contributed by atoms with Gasteiger partial charge in [0.25, 0.3) is 0 Å². The first-order valence-electron chi connectivity index (χ1n) is 19.6. The molecule has 268 valence electrons. The second-order valence-electron chi connectivity index (χ2n) is 14.4. The van der Waals surface area contributed by atoms with E-state index in [9.17, 15) is 0 Å². The Kier molecular flexibility index (Phi) is 8.95. The number of nitrogens with zero attached hydrogens (tertiary/aromatic N) is 1. The predicted octanol–water partition coefficient (Wildman–Crippen LogP) is 15.8. The zero-order valence-electron chi connectivity index (χ0n) is 31.5. The number of hydrogen-bond donors (Lipinski definition) is 0. The molecule has 0 saturated heterocycles. The fraction of sp³-hybridized carbons (Fsp3) is 0. The molecule has 0 heterocycles. The summed E-state index contributed by atoms with van der Waals surface area (Å²) in [7, 11) is 0. The maximum Gasteiger partial charge on any atom is 0.0468 e. The van der Waals surface area contributed by atoms with Gasteiger partial charge in [0, 0.05) is 17.1 Å². The average Bonchev–Trinajstić information content (AvgIpc) is 3.30. The van der Waals surface area contributed by atoms with Crippen LogP contribution in [0.2, 0.25) is 0 Å². The lowest BCUT2D eigenvalue weighted by molar-refractivity contribution is 1.28. The van der Waals surface area contributed by atoms with Crippen LogP contribution >= 0.6 is 0 Å². The summed E-state index contributed by atoms with van der Waals surface area (Å²) < 4.78 is 0. The Balaban J connectivity index is 1.17. The Hall–Kier alpha value is -7.48. The maximum absolute atomic E-state index is 2.37. The van der Waals surface area contributed by atoms with Crippen LogP contribution in [0.1, 0.15) is 0 Å². The molecule has 0 fully saturated rings. The SMILES string of the molecule is c1ccc(-c2ccc(N(c3ccccc3)c3ccc(-c4cccc5c4c(-c4ccccc4)c(-c4ccccc4)c4ccccc45)cc3)cc2-c2ccccc2)cc1. The monoisotopic (exact) mass is 725 g/mol. The van der Waals surface area contributed by atoms with Gasteiger partial charge in [0.15, 0.2) is 0 Å². The number of rotatable bonds is 8. The van der Waals surface area contributed by atoms with Gasteiger partial charge >= 0.3 is 0 Å². The van der Waals surface area contributed by atoms with Crippen molar-refractivity contribution in [1.82, 2.24) is 0 Å². The van der Waals surface area contributed by atoms with E-state index in [1.807, 2.05) is 0 Å². The molecule has 0 aliphatic heterocycles. The van der Waals surface area contributed by atoms with Crippen molar-refractivity contribution in [3.8, 4) is 55.6 Å². The van der Waals surface area contributed by atoms with Gasteiger partial charge in [-0.15, -0.1) is 0 Å². The van der Waals surface area contributed by atoms with Crippen molar-refractivity contribution in [3.63, 3.8) is 0 Å². The van der Waals surface area contributed by atoms with Crippen molar-refractivity contribution in [2.45, 2.75) is 0 Å². The molecule has 0 aliphatic carbocycles. The lowest BCUT2D eigenvalue weighted by Gasteiger charge is -2.27. The molecular formula is C56H39N. The molecule has 0 amide bonds. The van der Waals surface area contributed by atoms with Gasteiger partial charge in [0.05, 0.1) is 0 Å². The lowest BCUT2D eigenvalue weighted by Crippen LogP contribution is -2.10. The van der Waals surface area contributed by atoms with Crippen LogP contribution in [0.25, 0.3) is 77.2 Å². The number of para-hydroxylation sites is 1. The third kappa shape index (κ3) is 6.36. The normalized spacial score (nSPS) is 11.2. The second-order valence-corrected chi connectivity index (χ2v) is 14.4. The van der Waals surface area contributed by atoms with Crippen molar-refractivity contribution in [2.24, 2.45) is 0 Å². The van der Waals surface area contributed by atoms with Gasteiger partial charge in [-0.3, -0.25) is 0 Å². The summed E-state index contributed by atoms with van der Waals surface area (Å²) in [5.74, 6) is 0. The molecule has 10 aromatic carbocycles. The van der Waals surface area contributed by atoms with Crippen LogP contribution < -0.4 is 4.90 Å². The highest BCUT2D eigenvalue weighted by Gasteiger charge is 2.21. The Morgan fingerprint density at radius 3 is 1.28 bits per heavy atom. The molecule has 57 heavy (non-hydrogen) atoms. The molecular weight excluding hydrogens is 687 g/mol. The quantitative estimate of drug-likeness (QED) is 0.141. The minimum Gasteiger partial charge on any atom is -0.310 e. The smallest absolute Gasteiger partial charge is 0.0468 e. The summed E-state index contributed by atoms with van der Waals surface area (Å²) in [4.78, 5) is 2.37. The van der Waals surface area contributed by atoms with E-state index in [-0.39, 0.29) is 0 Å². The highest BCUT2D eigenvalue weighted by Crippen LogP contribution is 2.48. The Morgan fingerprint density at radius 2 is 0.667 bits per heavy atom. The van der Waals surface area contributed by atoms with Gasteiger partial charge < -0.3 is 4.90 Å². The minimum atomic E-state index is 1.09. The van der Waals surface area contributed by atoms with E-state index in [2.05, 4.69) is 241 Å². The number of fused-ring (bicyclic) bond motifs is 3.